The van der Waals surface area contributed by atoms with E-state index in [0.29, 0.717) is 30.0 Å². The van der Waals surface area contributed by atoms with Crippen molar-refractivity contribution in [3.05, 3.63) is 35.9 Å². The van der Waals surface area contributed by atoms with E-state index in [1.54, 1.807) is 11.0 Å². The molecule has 2 aromatic rings. The van der Waals surface area contributed by atoms with Crippen molar-refractivity contribution < 1.29 is 9.90 Å². The van der Waals surface area contributed by atoms with Gasteiger partial charge in [0.25, 0.3) is 5.91 Å². The fourth-order valence-corrected chi connectivity index (χ4v) is 2.78. The van der Waals surface area contributed by atoms with Crippen LogP contribution in [0.3, 0.4) is 0 Å². The van der Waals surface area contributed by atoms with Crippen molar-refractivity contribution >= 4 is 22.6 Å². The summed E-state index contributed by atoms with van der Waals surface area (Å²) in [6.07, 6.45) is 0.346. The summed E-state index contributed by atoms with van der Waals surface area (Å²) in [7, 11) is 0. The Balaban J connectivity index is 1.98. The number of anilines is 1. The van der Waals surface area contributed by atoms with Gasteiger partial charge in [-0.15, -0.1) is 0 Å². The number of aromatic nitrogens is 1. The molecule has 1 aliphatic heterocycles. The molecule has 3 N–H and O–H groups in total. The number of carbonyl (C=O) groups is 1. The Morgan fingerprint density at radius 1 is 1.43 bits per heavy atom. The van der Waals surface area contributed by atoms with E-state index in [4.69, 9.17) is 5.73 Å². The first kappa shape index (κ1) is 13.8. The molecule has 0 spiro atoms. The number of nitrogens with two attached hydrogens (primary N) is 1. The standard InChI is InChI=1S/C16H19N3O2/c1-10-6-7-19(9-14(10)20)16(21)12-8-15(17)18-13-5-3-2-4-11(12)13/h2-5,8,10,14,20H,6-7,9H2,1H3,(H2,17,18). The van der Waals surface area contributed by atoms with E-state index in [9.17, 15) is 9.90 Å². The lowest BCUT2D eigenvalue weighted by Crippen LogP contribution is -2.45. The monoisotopic (exact) mass is 285 g/mol. The van der Waals surface area contributed by atoms with E-state index in [-0.39, 0.29) is 11.8 Å². The number of nitrogens with zero attached hydrogens (tertiary/aromatic N) is 2. The third-order valence-electron chi connectivity index (χ3n) is 4.17. The van der Waals surface area contributed by atoms with E-state index in [2.05, 4.69) is 4.98 Å². The lowest BCUT2D eigenvalue weighted by Gasteiger charge is -2.34. The summed E-state index contributed by atoms with van der Waals surface area (Å²) in [6, 6.07) is 9.09. The second-order valence-corrected chi connectivity index (χ2v) is 5.70. The van der Waals surface area contributed by atoms with Crippen LogP contribution in [0.5, 0.6) is 0 Å². The Morgan fingerprint density at radius 3 is 2.95 bits per heavy atom. The second-order valence-electron chi connectivity index (χ2n) is 5.70. The smallest absolute Gasteiger partial charge is 0.254 e. The lowest BCUT2D eigenvalue weighted by atomic mass is 9.95. The summed E-state index contributed by atoms with van der Waals surface area (Å²) >= 11 is 0. The molecule has 1 fully saturated rings. The number of nitrogen functional groups attached to an aromatic ring is 1. The normalized spacial score (nSPS) is 22.5. The maximum Gasteiger partial charge on any atom is 0.254 e. The van der Waals surface area contributed by atoms with Gasteiger partial charge in [-0.25, -0.2) is 4.98 Å². The molecule has 5 nitrogen and oxygen atoms in total. The molecule has 0 radical (unpaired) electrons. The van der Waals surface area contributed by atoms with Crippen LogP contribution in [0.2, 0.25) is 0 Å². The molecule has 2 atom stereocenters. The first-order valence-corrected chi connectivity index (χ1v) is 7.19. The number of para-hydroxylation sites is 1. The first-order valence-electron chi connectivity index (χ1n) is 7.19. The van der Waals surface area contributed by atoms with Gasteiger partial charge in [0.15, 0.2) is 0 Å². The summed E-state index contributed by atoms with van der Waals surface area (Å²) in [4.78, 5) is 18.7. The Hall–Kier alpha value is -2.14. The number of aliphatic hydroxyl groups is 1. The van der Waals surface area contributed by atoms with Gasteiger partial charge in [0.05, 0.1) is 17.2 Å². The Kier molecular flexibility index (Phi) is 3.51. The van der Waals surface area contributed by atoms with Crippen molar-refractivity contribution in [3.63, 3.8) is 0 Å². The Labute approximate surface area is 123 Å². The molecule has 0 bridgehead atoms. The van der Waals surface area contributed by atoms with Gasteiger partial charge in [-0.3, -0.25) is 4.79 Å². The van der Waals surface area contributed by atoms with E-state index in [1.165, 1.54) is 0 Å². The number of likely N-dealkylation sites (tertiary alicyclic amines) is 1. The van der Waals surface area contributed by atoms with E-state index in [0.717, 1.165) is 11.8 Å². The van der Waals surface area contributed by atoms with E-state index >= 15 is 0 Å². The van der Waals surface area contributed by atoms with E-state index in [1.807, 2.05) is 31.2 Å². The molecule has 1 aromatic carbocycles. The van der Waals surface area contributed by atoms with Crippen molar-refractivity contribution in [2.75, 3.05) is 18.8 Å². The third kappa shape index (κ3) is 2.56. The van der Waals surface area contributed by atoms with Crippen LogP contribution in [-0.4, -0.2) is 40.1 Å². The number of benzene rings is 1. The van der Waals surface area contributed by atoms with E-state index < -0.39 is 6.10 Å². The van der Waals surface area contributed by atoms with Crippen LogP contribution in [0.1, 0.15) is 23.7 Å². The molecular formula is C16H19N3O2. The average Bonchev–Trinajstić information content (AvgIpc) is 2.48. The molecule has 110 valence electrons. The number of β-amino-alcohol motifs (C(OH)–C–C–N with tert-alkyl or cyclic N) is 1. The number of carbonyl (C=O) groups excluding carboxylic acids is 1. The minimum Gasteiger partial charge on any atom is -0.391 e. The molecule has 5 heteroatoms. The van der Waals surface area contributed by atoms with Crippen molar-refractivity contribution in [2.45, 2.75) is 19.4 Å². The highest BCUT2D eigenvalue weighted by Crippen LogP contribution is 2.24. The maximum absolute atomic E-state index is 12.7. The highest BCUT2D eigenvalue weighted by atomic mass is 16.3. The van der Waals surface area contributed by atoms with Crippen LogP contribution in [0.4, 0.5) is 5.82 Å². The molecule has 21 heavy (non-hydrogen) atoms. The van der Waals surface area contributed by atoms with Gasteiger partial charge >= 0.3 is 0 Å². The second kappa shape index (κ2) is 5.33. The number of rotatable bonds is 1. The van der Waals surface area contributed by atoms with Crippen LogP contribution >= 0.6 is 0 Å². The van der Waals surface area contributed by atoms with Gasteiger partial charge in [0, 0.05) is 18.5 Å². The number of piperidine rings is 1. The Morgan fingerprint density at radius 2 is 2.19 bits per heavy atom. The highest BCUT2D eigenvalue weighted by molar-refractivity contribution is 6.06. The van der Waals surface area contributed by atoms with Crippen molar-refractivity contribution in [3.8, 4) is 0 Å². The quantitative estimate of drug-likeness (QED) is 0.835. The fraction of sp³-hybridized carbons (Fsp3) is 0.375. The lowest BCUT2D eigenvalue weighted by molar-refractivity contribution is 0.0250. The van der Waals surface area contributed by atoms with Gasteiger partial charge < -0.3 is 15.7 Å². The summed E-state index contributed by atoms with van der Waals surface area (Å²) in [6.45, 7) is 3.04. The molecule has 1 aromatic heterocycles. The number of amides is 1. The predicted molar refractivity (Wildman–Crippen MR) is 81.8 cm³/mol. The van der Waals surface area contributed by atoms with Crippen molar-refractivity contribution in [1.82, 2.24) is 9.88 Å². The van der Waals surface area contributed by atoms with Gasteiger partial charge in [-0.2, -0.15) is 0 Å². The van der Waals surface area contributed by atoms with Crippen molar-refractivity contribution in [1.29, 1.82) is 0 Å². The predicted octanol–water partition coefficient (Wildman–Crippen LogP) is 1.66. The minimum atomic E-state index is -0.465. The molecule has 0 saturated carbocycles. The average molecular weight is 285 g/mol. The van der Waals surface area contributed by atoms with Crippen molar-refractivity contribution in [2.24, 2.45) is 5.92 Å². The first-order chi connectivity index (χ1) is 10.1. The van der Waals surface area contributed by atoms with Crippen LogP contribution in [0.25, 0.3) is 10.9 Å². The number of hydrogen-bond acceptors (Lipinski definition) is 4. The minimum absolute atomic E-state index is 0.0914. The van der Waals surface area contributed by atoms with Gasteiger partial charge in [0.1, 0.15) is 5.82 Å². The number of aliphatic hydroxyl groups excluding tert-OH is 1. The van der Waals surface area contributed by atoms with Gasteiger partial charge in [-0.05, 0) is 24.5 Å². The molecule has 2 unspecified atom stereocenters. The highest BCUT2D eigenvalue weighted by Gasteiger charge is 2.28. The maximum atomic E-state index is 12.7. The molecule has 1 aliphatic rings. The molecule has 1 amide bonds. The van der Waals surface area contributed by atoms with Gasteiger partial charge in [-0.1, -0.05) is 25.1 Å². The number of pyridine rings is 1. The zero-order chi connectivity index (χ0) is 15.0. The molecule has 1 saturated heterocycles. The van der Waals surface area contributed by atoms with Crippen LogP contribution in [0, 0.1) is 5.92 Å². The van der Waals surface area contributed by atoms with Crippen LogP contribution in [0.15, 0.2) is 30.3 Å². The fourth-order valence-electron chi connectivity index (χ4n) is 2.78. The topological polar surface area (TPSA) is 79.5 Å². The summed E-state index contributed by atoms with van der Waals surface area (Å²) < 4.78 is 0. The Bertz CT molecular complexity index is 686. The number of hydrogen-bond donors (Lipinski definition) is 2. The molecule has 2 heterocycles. The number of fused-ring (bicyclic) bond motifs is 1. The van der Waals surface area contributed by atoms with Gasteiger partial charge in [0.2, 0.25) is 0 Å². The largest absolute Gasteiger partial charge is 0.391 e. The zero-order valence-corrected chi connectivity index (χ0v) is 12.0. The summed E-state index contributed by atoms with van der Waals surface area (Å²) in [5.74, 6) is 0.475. The van der Waals surface area contributed by atoms with Crippen LogP contribution < -0.4 is 5.73 Å². The SMILES string of the molecule is CC1CCN(C(=O)c2cc(N)nc3ccccc23)CC1O. The van der Waals surface area contributed by atoms with Crippen LogP contribution in [-0.2, 0) is 0 Å². The zero-order valence-electron chi connectivity index (χ0n) is 12.0. The summed E-state index contributed by atoms with van der Waals surface area (Å²) in [5.41, 5.74) is 7.08. The molecular weight excluding hydrogens is 266 g/mol. The molecule has 3 rings (SSSR count). The third-order valence-corrected chi connectivity index (χ3v) is 4.17. The molecule has 0 aliphatic carbocycles. The summed E-state index contributed by atoms with van der Waals surface area (Å²) in [5, 5.41) is 10.8.